The number of benzene rings is 2. The van der Waals surface area contributed by atoms with Crippen molar-refractivity contribution < 1.29 is 21.9 Å². The predicted octanol–water partition coefficient (Wildman–Crippen LogP) is 5.38. The van der Waals surface area contributed by atoms with Gasteiger partial charge in [-0.05, 0) is 61.2 Å². The third kappa shape index (κ3) is 5.88. The SMILES string of the molecule is CCNC1CCC=C(c2ccc(F)cc2)C1COc1cc(F)c(S(=O)(=O)Nc2cscn2)cc1C. The number of aryl methyl sites for hydroxylation is 1. The van der Waals surface area contributed by atoms with E-state index in [2.05, 4.69) is 21.1 Å². The van der Waals surface area contributed by atoms with Crippen LogP contribution in [-0.2, 0) is 10.0 Å². The molecule has 3 aromatic rings. The summed E-state index contributed by atoms with van der Waals surface area (Å²) in [6, 6.07) is 8.88. The van der Waals surface area contributed by atoms with E-state index >= 15 is 0 Å². The first-order valence-corrected chi connectivity index (χ1v) is 13.7. The molecule has 6 nitrogen and oxygen atoms in total. The van der Waals surface area contributed by atoms with Gasteiger partial charge in [-0.2, -0.15) is 0 Å². The lowest BCUT2D eigenvalue weighted by atomic mass is 9.80. The van der Waals surface area contributed by atoms with Gasteiger partial charge in [-0.25, -0.2) is 22.2 Å². The molecule has 2 unspecified atom stereocenters. The second kappa shape index (κ2) is 10.8. The van der Waals surface area contributed by atoms with E-state index in [1.807, 2.05) is 6.92 Å². The molecule has 1 aliphatic carbocycles. The largest absolute Gasteiger partial charge is 0.493 e. The number of nitrogens with zero attached hydrogens (tertiary/aromatic N) is 1. The van der Waals surface area contributed by atoms with Gasteiger partial charge in [-0.1, -0.05) is 25.1 Å². The molecule has 186 valence electrons. The Labute approximate surface area is 208 Å². The normalized spacial score (nSPS) is 18.2. The number of ether oxygens (including phenoxy) is 1. The van der Waals surface area contributed by atoms with Gasteiger partial charge in [0.15, 0.2) is 5.82 Å². The van der Waals surface area contributed by atoms with Crippen LogP contribution >= 0.6 is 11.3 Å². The van der Waals surface area contributed by atoms with Crippen LogP contribution in [0.25, 0.3) is 5.57 Å². The van der Waals surface area contributed by atoms with Gasteiger partial charge in [0.1, 0.15) is 22.3 Å². The fourth-order valence-corrected chi connectivity index (χ4v) is 6.01. The van der Waals surface area contributed by atoms with Crippen molar-refractivity contribution in [2.75, 3.05) is 17.9 Å². The summed E-state index contributed by atoms with van der Waals surface area (Å²) in [5, 5.41) is 5.02. The predicted molar refractivity (Wildman–Crippen MR) is 134 cm³/mol. The number of allylic oxidation sites excluding steroid dienone is 1. The number of halogens is 2. The monoisotopic (exact) mass is 519 g/mol. The van der Waals surface area contributed by atoms with E-state index in [1.54, 1.807) is 19.1 Å². The number of anilines is 1. The molecule has 0 amide bonds. The zero-order valence-electron chi connectivity index (χ0n) is 19.4. The Morgan fingerprint density at radius 3 is 2.66 bits per heavy atom. The zero-order valence-corrected chi connectivity index (χ0v) is 21.1. The molecule has 35 heavy (non-hydrogen) atoms. The summed E-state index contributed by atoms with van der Waals surface area (Å²) in [6.45, 7) is 4.75. The average Bonchev–Trinajstić information content (AvgIpc) is 3.33. The quantitative estimate of drug-likeness (QED) is 0.397. The highest BCUT2D eigenvalue weighted by Crippen LogP contribution is 2.35. The highest BCUT2D eigenvalue weighted by molar-refractivity contribution is 7.92. The van der Waals surface area contributed by atoms with Crippen molar-refractivity contribution in [3.8, 4) is 5.75 Å². The van der Waals surface area contributed by atoms with Crippen LogP contribution in [0.1, 0.15) is 30.9 Å². The smallest absolute Gasteiger partial charge is 0.266 e. The minimum absolute atomic E-state index is 0.0497. The maximum absolute atomic E-state index is 14.9. The van der Waals surface area contributed by atoms with Gasteiger partial charge in [0.05, 0.1) is 12.1 Å². The Bertz CT molecular complexity index is 1290. The molecule has 2 N–H and O–H groups in total. The molecule has 10 heteroatoms. The van der Waals surface area contributed by atoms with Gasteiger partial charge in [0.2, 0.25) is 0 Å². The van der Waals surface area contributed by atoms with Gasteiger partial charge in [-0.3, -0.25) is 4.72 Å². The average molecular weight is 520 g/mol. The fraction of sp³-hybridized carbons (Fsp3) is 0.320. The van der Waals surface area contributed by atoms with Crippen molar-refractivity contribution >= 4 is 32.8 Å². The van der Waals surface area contributed by atoms with Crippen LogP contribution in [0.2, 0.25) is 0 Å². The lowest BCUT2D eigenvalue weighted by molar-refractivity contribution is 0.234. The molecule has 0 spiro atoms. The van der Waals surface area contributed by atoms with E-state index in [1.165, 1.54) is 40.4 Å². The van der Waals surface area contributed by atoms with E-state index in [4.69, 9.17) is 4.74 Å². The molecule has 1 aromatic heterocycles. The first kappa shape index (κ1) is 25.3. The van der Waals surface area contributed by atoms with Crippen molar-refractivity contribution in [3.05, 3.63) is 76.1 Å². The molecule has 0 fully saturated rings. The van der Waals surface area contributed by atoms with Crippen LogP contribution in [0.3, 0.4) is 0 Å². The number of aromatic nitrogens is 1. The molecule has 0 saturated carbocycles. The Balaban J connectivity index is 1.56. The maximum atomic E-state index is 14.9. The van der Waals surface area contributed by atoms with Crippen molar-refractivity contribution in [1.29, 1.82) is 0 Å². The number of thiazole rings is 1. The third-order valence-corrected chi connectivity index (χ3v) is 7.94. The molecule has 2 aromatic carbocycles. The maximum Gasteiger partial charge on any atom is 0.266 e. The topological polar surface area (TPSA) is 80.3 Å². The lowest BCUT2D eigenvalue weighted by Gasteiger charge is -2.33. The van der Waals surface area contributed by atoms with Crippen molar-refractivity contribution in [2.24, 2.45) is 5.92 Å². The molecule has 0 bridgehead atoms. The summed E-state index contributed by atoms with van der Waals surface area (Å²) >= 11 is 1.23. The first-order chi connectivity index (χ1) is 16.8. The summed E-state index contributed by atoms with van der Waals surface area (Å²) < 4.78 is 62.1. The third-order valence-electron chi connectivity index (χ3n) is 5.98. The highest BCUT2D eigenvalue weighted by atomic mass is 32.2. The second-order valence-corrected chi connectivity index (χ2v) is 10.7. The molecular formula is C25H27F2N3O3S2. The standard InChI is InChI=1S/C25H27F2N3O3S2/c1-3-28-22-6-4-5-19(17-7-9-18(26)10-8-17)20(22)13-33-23-12-21(27)24(11-16(23)2)35(31,32)30-25-14-34-15-29-25/h5,7-12,14-15,20,22,28,30H,3-4,6,13H2,1-2H3. The van der Waals surface area contributed by atoms with Crippen LogP contribution in [0.15, 0.2) is 58.3 Å². The Morgan fingerprint density at radius 2 is 1.97 bits per heavy atom. The number of hydrogen-bond donors (Lipinski definition) is 2. The van der Waals surface area contributed by atoms with Gasteiger partial charge < -0.3 is 10.1 Å². The van der Waals surface area contributed by atoms with E-state index in [-0.39, 0.29) is 36.0 Å². The van der Waals surface area contributed by atoms with E-state index in [0.717, 1.165) is 36.6 Å². The summed E-state index contributed by atoms with van der Waals surface area (Å²) in [6.07, 6.45) is 3.94. The Kier molecular flexibility index (Phi) is 7.83. The summed E-state index contributed by atoms with van der Waals surface area (Å²) in [4.78, 5) is 3.42. The molecule has 4 rings (SSSR count). The Morgan fingerprint density at radius 1 is 1.20 bits per heavy atom. The zero-order chi connectivity index (χ0) is 25.0. The minimum Gasteiger partial charge on any atom is -0.493 e. The highest BCUT2D eigenvalue weighted by Gasteiger charge is 2.30. The van der Waals surface area contributed by atoms with E-state index in [0.29, 0.717) is 5.56 Å². The van der Waals surface area contributed by atoms with Crippen LogP contribution in [0.5, 0.6) is 5.75 Å². The molecule has 2 atom stereocenters. The van der Waals surface area contributed by atoms with Crippen LogP contribution < -0.4 is 14.8 Å². The van der Waals surface area contributed by atoms with Gasteiger partial charge in [-0.15, -0.1) is 11.3 Å². The van der Waals surface area contributed by atoms with Gasteiger partial charge in [0, 0.05) is 23.4 Å². The van der Waals surface area contributed by atoms with Crippen molar-refractivity contribution in [3.63, 3.8) is 0 Å². The number of sulfonamides is 1. The molecule has 1 heterocycles. The van der Waals surface area contributed by atoms with Gasteiger partial charge in [0.25, 0.3) is 10.0 Å². The summed E-state index contributed by atoms with van der Waals surface area (Å²) in [5.41, 5.74) is 3.94. The summed E-state index contributed by atoms with van der Waals surface area (Å²) in [5.74, 6) is -0.846. The van der Waals surface area contributed by atoms with E-state index in [9.17, 15) is 17.2 Å². The van der Waals surface area contributed by atoms with Crippen LogP contribution in [0.4, 0.5) is 14.6 Å². The second-order valence-electron chi connectivity index (χ2n) is 8.35. The number of rotatable bonds is 9. The molecule has 0 aliphatic heterocycles. The summed E-state index contributed by atoms with van der Waals surface area (Å²) in [7, 11) is -4.14. The Hall–Kier alpha value is -2.82. The van der Waals surface area contributed by atoms with Gasteiger partial charge >= 0.3 is 0 Å². The molecular weight excluding hydrogens is 492 g/mol. The van der Waals surface area contributed by atoms with Crippen LogP contribution in [0, 0.1) is 24.5 Å². The van der Waals surface area contributed by atoms with Crippen LogP contribution in [-0.4, -0.2) is 32.6 Å². The lowest BCUT2D eigenvalue weighted by Crippen LogP contribution is -2.41. The molecule has 0 saturated heterocycles. The minimum atomic E-state index is -4.14. The fourth-order valence-electron chi connectivity index (χ4n) is 4.31. The number of hydrogen-bond acceptors (Lipinski definition) is 6. The van der Waals surface area contributed by atoms with Crippen molar-refractivity contribution in [1.82, 2.24) is 10.3 Å². The van der Waals surface area contributed by atoms with E-state index < -0.39 is 20.7 Å². The van der Waals surface area contributed by atoms with Crippen molar-refractivity contribution in [2.45, 2.75) is 37.6 Å². The first-order valence-electron chi connectivity index (χ1n) is 11.3. The molecule has 1 aliphatic rings. The molecule has 0 radical (unpaired) electrons. The number of nitrogens with one attached hydrogen (secondary N) is 2.